The van der Waals surface area contributed by atoms with E-state index in [0.717, 1.165) is 11.4 Å². The Morgan fingerprint density at radius 2 is 1.88 bits per heavy atom. The first-order valence-corrected chi connectivity index (χ1v) is 8.36. The first-order valence-electron chi connectivity index (χ1n) is 7.61. The van der Waals surface area contributed by atoms with Gasteiger partial charge >= 0.3 is 5.97 Å². The molecule has 0 bridgehead atoms. The number of esters is 1. The van der Waals surface area contributed by atoms with Crippen molar-refractivity contribution in [2.45, 2.75) is 27.4 Å². The van der Waals surface area contributed by atoms with Gasteiger partial charge in [-0.15, -0.1) is 0 Å². The Morgan fingerprint density at radius 1 is 1.20 bits per heavy atom. The number of hydrogen-bond donors (Lipinski definition) is 0. The maximum Gasteiger partial charge on any atom is 0.340 e. The van der Waals surface area contributed by atoms with Crippen LogP contribution in [0.5, 0.6) is 0 Å². The average Bonchev–Trinajstić information content (AvgIpc) is 3.09. The molecule has 0 amide bonds. The maximum atomic E-state index is 12.5. The number of carbonyl (C=O) groups excluding carboxylic acids is 1. The molecule has 7 heteroatoms. The summed E-state index contributed by atoms with van der Waals surface area (Å²) >= 11 is 12.2. The van der Waals surface area contributed by atoms with Crippen LogP contribution in [0.2, 0.25) is 10.0 Å². The molecule has 0 fully saturated rings. The Balaban J connectivity index is 1.84. The van der Waals surface area contributed by atoms with E-state index in [1.807, 2.05) is 25.3 Å². The van der Waals surface area contributed by atoms with Crippen LogP contribution in [0.4, 0.5) is 0 Å². The zero-order chi connectivity index (χ0) is 18.1. The summed E-state index contributed by atoms with van der Waals surface area (Å²) in [4.78, 5) is 12.5. The second kappa shape index (κ2) is 6.94. The summed E-state index contributed by atoms with van der Waals surface area (Å²) in [6, 6.07) is 8.71. The predicted molar refractivity (Wildman–Crippen MR) is 95.6 cm³/mol. The standard InChI is InChI=1S/C18H16Cl2N2O3/c1-10-7-13(12(3)22(10)17-8-11(2)25-21-17)18(23)24-9-14-15(19)5-4-6-16(14)20/h4-8H,9H2,1-3H3. The largest absolute Gasteiger partial charge is 0.457 e. The molecule has 3 rings (SSSR count). The molecule has 0 spiro atoms. The van der Waals surface area contributed by atoms with Crippen molar-refractivity contribution in [1.29, 1.82) is 0 Å². The molecule has 25 heavy (non-hydrogen) atoms. The van der Waals surface area contributed by atoms with Crippen LogP contribution in [0.1, 0.15) is 33.1 Å². The highest BCUT2D eigenvalue weighted by Crippen LogP contribution is 2.26. The van der Waals surface area contributed by atoms with Crippen molar-refractivity contribution in [2.24, 2.45) is 0 Å². The summed E-state index contributed by atoms with van der Waals surface area (Å²) in [5.74, 6) is 0.872. The number of nitrogens with zero attached hydrogens (tertiary/aromatic N) is 2. The number of aryl methyl sites for hydroxylation is 2. The Morgan fingerprint density at radius 3 is 2.48 bits per heavy atom. The first kappa shape index (κ1) is 17.6. The van der Waals surface area contributed by atoms with Crippen LogP contribution < -0.4 is 0 Å². The minimum atomic E-state index is -0.449. The highest BCUT2D eigenvalue weighted by atomic mass is 35.5. The Labute approximate surface area is 155 Å². The Hall–Kier alpha value is -2.24. The highest BCUT2D eigenvalue weighted by Gasteiger charge is 2.20. The van der Waals surface area contributed by atoms with E-state index in [4.69, 9.17) is 32.5 Å². The van der Waals surface area contributed by atoms with Gasteiger partial charge in [0.05, 0.1) is 5.56 Å². The third-order valence-corrected chi connectivity index (χ3v) is 4.61. The van der Waals surface area contributed by atoms with E-state index in [1.165, 1.54) is 0 Å². The number of halogens is 2. The van der Waals surface area contributed by atoms with Gasteiger partial charge in [0.1, 0.15) is 12.4 Å². The SMILES string of the molecule is Cc1cc(-n2c(C)cc(C(=O)OCc3c(Cl)cccc3Cl)c2C)no1. The van der Waals surface area contributed by atoms with Gasteiger partial charge in [0.25, 0.3) is 0 Å². The topological polar surface area (TPSA) is 57.3 Å². The smallest absolute Gasteiger partial charge is 0.340 e. The number of hydrogen-bond acceptors (Lipinski definition) is 4. The van der Waals surface area contributed by atoms with Gasteiger partial charge in [0.2, 0.25) is 0 Å². The van der Waals surface area contributed by atoms with Crippen LogP contribution in [-0.2, 0) is 11.3 Å². The van der Waals surface area contributed by atoms with Gasteiger partial charge in [-0.25, -0.2) is 4.79 Å². The lowest BCUT2D eigenvalue weighted by atomic mass is 10.2. The molecule has 0 aliphatic carbocycles. The minimum absolute atomic E-state index is 0.00404. The van der Waals surface area contributed by atoms with Crippen LogP contribution in [0.3, 0.4) is 0 Å². The van der Waals surface area contributed by atoms with E-state index in [-0.39, 0.29) is 6.61 Å². The number of ether oxygens (including phenoxy) is 1. The van der Waals surface area contributed by atoms with E-state index in [2.05, 4.69) is 5.16 Å². The molecule has 0 saturated carbocycles. The fraction of sp³-hybridized carbons (Fsp3) is 0.222. The van der Waals surface area contributed by atoms with Crippen molar-refractivity contribution >= 4 is 29.2 Å². The summed E-state index contributed by atoms with van der Waals surface area (Å²) in [7, 11) is 0. The molecular weight excluding hydrogens is 363 g/mol. The zero-order valence-corrected chi connectivity index (χ0v) is 15.5. The molecule has 5 nitrogen and oxygen atoms in total. The number of rotatable bonds is 4. The van der Waals surface area contributed by atoms with Crippen molar-refractivity contribution in [1.82, 2.24) is 9.72 Å². The molecule has 0 radical (unpaired) electrons. The minimum Gasteiger partial charge on any atom is -0.457 e. The lowest BCUT2D eigenvalue weighted by Gasteiger charge is -2.09. The Bertz CT molecular complexity index is 924. The number of aromatic nitrogens is 2. The lowest BCUT2D eigenvalue weighted by molar-refractivity contribution is 0.0472. The van der Waals surface area contributed by atoms with Crippen molar-refractivity contribution in [3.63, 3.8) is 0 Å². The van der Waals surface area contributed by atoms with Gasteiger partial charge in [0.15, 0.2) is 5.82 Å². The summed E-state index contributed by atoms with van der Waals surface area (Å²) in [5.41, 5.74) is 2.62. The molecule has 1 aromatic carbocycles. The van der Waals surface area contributed by atoms with Crippen molar-refractivity contribution in [3.05, 3.63) is 68.7 Å². The van der Waals surface area contributed by atoms with Gasteiger partial charge in [-0.3, -0.25) is 4.57 Å². The molecule has 2 aromatic heterocycles. The molecule has 0 saturated heterocycles. The highest BCUT2D eigenvalue weighted by molar-refractivity contribution is 6.35. The van der Waals surface area contributed by atoms with Gasteiger partial charge in [0, 0.05) is 33.1 Å². The van der Waals surface area contributed by atoms with Gasteiger partial charge < -0.3 is 9.26 Å². The molecule has 130 valence electrons. The maximum absolute atomic E-state index is 12.5. The molecule has 0 unspecified atom stereocenters. The van der Waals surface area contributed by atoms with Crippen LogP contribution >= 0.6 is 23.2 Å². The summed E-state index contributed by atoms with van der Waals surface area (Å²) < 4.78 is 12.4. The van der Waals surface area contributed by atoms with Gasteiger partial charge in [-0.1, -0.05) is 34.4 Å². The van der Waals surface area contributed by atoms with E-state index in [0.29, 0.717) is 32.8 Å². The van der Waals surface area contributed by atoms with E-state index in [9.17, 15) is 4.79 Å². The normalized spacial score (nSPS) is 10.9. The second-order valence-corrected chi connectivity index (χ2v) is 6.51. The lowest BCUT2D eigenvalue weighted by Crippen LogP contribution is -2.08. The molecule has 0 aliphatic rings. The molecule has 2 heterocycles. The van der Waals surface area contributed by atoms with E-state index < -0.39 is 5.97 Å². The monoisotopic (exact) mass is 378 g/mol. The zero-order valence-electron chi connectivity index (χ0n) is 14.0. The number of benzene rings is 1. The molecular formula is C18H16Cl2N2O3. The van der Waals surface area contributed by atoms with Gasteiger partial charge in [-0.05, 0) is 39.0 Å². The quantitative estimate of drug-likeness (QED) is 0.595. The molecule has 0 aliphatic heterocycles. The predicted octanol–water partition coefficient (Wildman–Crippen LogP) is 5.05. The van der Waals surface area contributed by atoms with E-state index >= 15 is 0 Å². The molecule has 3 aromatic rings. The summed E-state index contributed by atoms with van der Waals surface area (Å²) in [6.45, 7) is 5.53. The summed E-state index contributed by atoms with van der Waals surface area (Å²) in [6.07, 6.45) is 0. The fourth-order valence-corrected chi connectivity index (χ4v) is 3.17. The fourth-order valence-electron chi connectivity index (χ4n) is 2.67. The molecule has 0 atom stereocenters. The average molecular weight is 379 g/mol. The van der Waals surface area contributed by atoms with Crippen LogP contribution in [-0.4, -0.2) is 15.7 Å². The van der Waals surface area contributed by atoms with Gasteiger partial charge in [-0.2, -0.15) is 0 Å². The van der Waals surface area contributed by atoms with Crippen LogP contribution in [0.15, 0.2) is 34.9 Å². The first-order chi connectivity index (χ1) is 11.9. The molecule has 0 N–H and O–H groups in total. The number of carbonyl (C=O) groups is 1. The Kier molecular flexibility index (Phi) is 4.88. The van der Waals surface area contributed by atoms with Crippen molar-refractivity contribution in [2.75, 3.05) is 0 Å². The second-order valence-electron chi connectivity index (χ2n) is 5.69. The van der Waals surface area contributed by atoms with E-state index in [1.54, 1.807) is 30.3 Å². The van der Waals surface area contributed by atoms with Crippen LogP contribution in [0.25, 0.3) is 5.82 Å². The third kappa shape index (κ3) is 3.43. The van der Waals surface area contributed by atoms with Crippen molar-refractivity contribution < 1.29 is 14.1 Å². The summed E-state index contributed by atoms with van der Waals surface area (Å²) in [5, 5.41) is 4.92. The van der Waals surface area contributed by atoms with Crippen molar-refractivity contribution in [3.8, 4) is 5.82 Å². The third-order valence-electron chi connectivity index (χ3n) is 3.90. The van der Waals surface area contributed by atoms with Crippen LogP contribution in [0, 0.1) is 20.8 Å².